The Bertz CT molecular complexity index is 728. The Kier molecular flexibility index (Phi) is 7.29. The fraction of sp³-hybridized carbons (Fsp3) is 0.263. The Labute approximate surface area is 153 Å². The Morgan fingerprint density at radius 3 is 2.44 bits per heavy atom. The second kappa shape index (κ2) is 9.69. The first kappa shape index (κ1) is 18.8. The van der Waals surface area contributed by atoms with Crippen molar-refractivity contribution < 1.29 is 4.79 Å². The highest BCUT2D eigenvalue weighted by Gasteiger charge is 2.04. The number of aliphatic imine (C=N–C) groups is 1. The number of rotatable bonds is 6. The summed E-state index contributed by atoms with van der Waals surface area (Å²) in [4.78, 5) is 15.7. The van der Waals surface area contributed by atoms with Crippen LogP contribution in [0.5, 0.6) is 0 Å². The third-order valence-corrected chi connectivity index (χ3v) is 4.14. The normalized spacial score (nSPS) is 11.1. The second-order valence-corrected chi connectivity index (χ2v) is 5.88. The zero-order valence-electron chi connectivity index (χ0n) is 14.5. The lowest BCUT2D eigenvalue weighted by Crippen LogP contribution is -2.37. The van der Waals surface area contributed by atoms with Crippen LogP contribution in [0.2, 0.25) is 5.02 Å². The summed E-state index contributed by atoms with van der Waals surface area (Å²) < 4.78 is 0. The predicted octanol–water partition coefficient (Wildman–Crippen LogP) is 2.61. The fourth-order valence-corrected chi connectivity index (χ4v) is 2.57. The van der Waals surface area contributed by atoms with Crippen LogP contribution in [-0.4, -0.2) is 32.5 Å². The van der Waals surface area contributed by atoms with Crippen molar-refractivity contribution in [1.82, 2.24) is 16.0 Å². The molecule has 0 saturated carbocycles. The Morgan fingerprint density at radius 1 is 1.08 bits per heavy atom. The van der Waals surface area contributed by atoms with E-state index in [4.69, 9.17) is 11.6 Å². The third kappa shape index (κ3) is 5.80. The van der Waals surface area contributed by atoms with Crippen molar-refractivity contribution in [3.05, 3.63) is 70.2 Å². The van der Waals surface area contributed by atoms with Crippen LogP contribution >= 0.6 is 11.6 Å². The Morgan fingerprint density at radius 2 is 1.80 bits per heavy atom. The van der Waals surface area contributed by atoms with E-state index in [1.165, 1.54) is 0 Å². The van der Waals surface area contributed by atoms with Crippen LogP contribution in [0, 0.1) is 0 Å². The number of carbonyl (C=O) groups is 1. The van der Waals surface area contributed by atoms with E-state index in [1.54, 1.807) is 14.1 Å². The predicted molar refractivity (Wildman–Crippen MR) is 103 cm³/mol. The van der Waals surface area contributed by atoms with E-state index in [0.717, 1.165) is 35.1 Å². The average molecular weight is 359 g/mol. The van der Waals surface area contributed by atoms with Crippen molar-refractivity contribution in [3.63, 3.8) is 0 Å². The first-order valence-corrected chi connectivity index (χ1v) is 8.50. The van der Waals surface area contributed by atoms with Crippen LogP contribution in [0.15, 0.2) is 53.5 Å². The van der Waals surface area contributed by atoms with Crippen molar-refractivity contribution in [2.24, 2.45) is 4.99 Å². The van der Waals surface area contributed by atoms with Crippen molar-refractivity contribution in [1.29, 1.82) is 0 Å². The van der Waals surface area contributed by atoms with Crippen LogP contribution in [0.1, 0.15) is 21.5 Å². The lowest BCUT2D eigenvalue weighted by atomic mass is 10.1. The molecule has 0 fully saturated rings. The zero-order chi connectivity index (χ0) is 18.1. The molecule has 0 aliphatic heterocycles. The molecule has 0 aliphatic rings. The van der Waals surface area contributed by atoms with Crippen LogP contribution < -0.4 is 16.0 Å². The molecule has 2 aromatic carbocycles. The lowest BCUT2D eigenvalue weighted by Gasteiger charge is -2.12. The van der Waals surface area contributed by atoms with Crippen LogP contribution in [0.25, 0.3) is 0 Å². The molecule has 0 aromatic heterocycles. The van der Waals surface area contributed by atoms with E-state index in [-0.39, 0.29) is 5.91 Å². The van der Waals surface area contributed by atoms with Gasteiger partial charge in [-0.25, -0.2) is 0 Å². The minimum atomic E-state index is -0.0865. The minimum Gasteiger partial charge on any atom is -0.356 e. The summed E-state index contributed by atoms with van der Waals surface area (Å²) in [6.07, 6.45) is 0.821. The molecule has 0 unspecified atom stereocenters. The summed E-state index contributed by atoms with van der Waals surface area (Å²) in [7, 11) is 3.36. The highest BCUT2D eigenvalue weighted by molar-refractivity contribution is 6.31. The molecule has 3 N–H and O–H groups in total. The number of halogens is 1. The molecule has 2 rings (SSSR count). The number of nitrogens with one attached hydrogen (secondary N) is 3. The number of amides is 1. The molecule has 0 heterocycles. The third-order valence-electron chi connectivity index (χ3n) is 3.77. The average Bonchev–Trinajstić information content (AvgIpc) is 2.65. The quantitative estimate of drug-likeness (QED) is 0.549. The van der Waals surface area contributed by atoms with E-state index in [9.17, 15) is 4.79 Å². The van der Waals surface area contributed by atoms with Crippen molar-refractivity contribution in [3.8, 4) is 0 Å². The molecule has 25 heavy (non-hydrogen) atoms. The van der Waals surface area contributed by atoms with Crippen molar-refractivity contribution in [2.45, 2.75) is 13.0 Å². The van der Waals surface area contributed by atoms with Crippen LogP contribution in [0.3, 0.4) is 0 Å². The van der Waals surface area contributed by atoms with Gasteiger partial charge in [-0.15, -0.1) is 0 Å². The van der Waals surface area contributed by atoms with Gasteiger partial charge in [0.2, 0.25) is 0 Å². The molecule has 1 amide bonds. The highest BCUT2D eigenvalue weighted by Crippen LogP contribution is 2.14. The first-order chi connectivity index (χ1) is 12.1. The van der Waals surface area contributed by atoms with Gasteiger partial charge in [0.15, 0.2) is 5.96 Å². The summed E-state index contributed by atoms with van der Waals surface area (Å²) in [5.41, 5.74) is 2.83. The largest absolute Gasteiger partial charge is 0.356 e. The number of carbonyl (C=O) groups excluding carboxylic acids is 1. The van der Waals surface area contributed by atoms with Crippen LogP contribution in [-0.2, 0) is 13.0 Å². The van der Waals surface area contributed by atoms with Gasteiger partial charge in [0.05, 0.1) is 0 Å². The van der Waals surface area contributed by atoms with Gasteiger partial charge >= 0.3 is 0 Å². The summed E-state index contributed by atoms with van der Waals surface area (Å²) in [6, 6.07) is 15.3. The van der Waals surface area contributed by atoms with Gasteiger partial charge in [0.1, 0.15) is 0 Å². The van der Waals surface area contributed by atoms with E-state index < -0.39 is 0 Å². The summed E-state index contributed by atoms with van der Waals surface area (Å²) in [5.74, 6) is 0.638. The van der Waals surface area contributed by atoms with Gasteiger partial charge in [-0.1, -0.05) is 41.9 Å². The standard InChI is InChI=1S/C19H23ClN4O/c1-21-18(25)16-9-7-14(8-10-16)13-24-19(22-2)23-12-11-15-5-3-4-6-17(15)20/h3-10H,11-13H2,1-2H3,(H,21,25)(H2,22,23,24). The van der Waals surface area contributed by atoms with Crippen molar-refractivity contribution in [2.75, 3.05) is 20.6 Å². The van der Waals surface area contributed by atoms with Gasteiger partial charge < -0.3 is 16.0 Å². The van der Waals surface area contributed by atoms with Gasteiger partial charge in [-0.05, 0) is 35.7 Å². The summed E-state index contributed by atoms with van der Waals surface area (Å²) >= 11 is 6.16. The maximum Gasteiger partial charge on any atom is 0.251 e. The lowest BCUT2D eigenvalue weighted by molar-refractivity contribution is 0.0963. The number of guanidine groups is 1. The molecule has 5 nitrogen and oxygen atoms in total. The van der Waals surface area contributed by atoms with E-state index in [2.05, 4.69) is 20.9 Å². The molecule has 0 aliphatic carbocycles. The molecule has 0 saturated heterocycles. The van der Waals surface area contributed by atoms with Crippen LogP contribution in [0.4, 0.5) is 0 Å². The van der Waals surface area contributed by atoms with Gasteiger partial charge in [-0.3, -0.25) is 9.79 Å². The summed E-state index contributed by atoms with van der Waals surface area (Å²) in [5, 5.41) is 9.91. The number of benzene rings is 2. The van der Waals surface area contributed by atoms with E-state index >= 15 is 0 Å². The van der Waals surface area contributed by atoms with Gasteiger partial charge in [-0.2, -0.15) is 0 Å². The molecule has 0 radical (unpaired) electrons. The molecular weight excluding hydrogens is 336 g/mol. The van der Waals surface area contributed by atoms with E-state index in [1.807, 2.05) is 48.5 Å². The molecule has 6 heteroatoms. The number of hydrogen-bond acceptors (Lipinski definition) is 2. The second-order valence-electron chi connectivity index (χ2n) is 5.47. The summed E-state index contributed by atoms with van der Waals surface area (Å²) in [6.45, 7) is 1.36. The smallest absolute Gasteiger partial charge is 0.251 e. The minimum absolute atomic E-state index is 0.0865. The van der Waals surface area contributed by atoms with Gasteiger partial charge in [0.25, 0.3) is 5.91 Å². The van der Waals surface area contributed by atoms with Crippen molar-refractivity contribution >= 4 is 23.5 Å². The maximum absolute atomic E-state index is 11.5. The highest BCUT2D eigenvalue weighted by atomic mass is 35.5. The zero-order valence-corrected chi connectivity index (χ0v) is 15.2. The maximum atomic E-state index is 11.5. The van der Waals surface area contributed by atoms with E-state index in [0.29, 0.717) is 12.1 Å². The molecular formula is C19H23ClN4O. The Hall–Kier alpha value is -2.53. The number of nitrogens with zero attached hydrogens (tertiary/aromatic N) is 1. The monoisotopic (exact) mass is 358 g/mol. The SMILES string of the molecule is CN=C(NCCc1ccccc1Cl)NCc1ccc(C(=O)NC)cc1. The first-order valence-electron chi connectivity index (χ1n) is 8.13. The molecule has 132 valence electrons. The topological polar surface area (TPSA) is 65.5 Å². The molecule has 0 bridgehead atoms. The molecule has 2 aromatic rings. The number of hydrogen-bond donors (Lipinski definition) is 3. The molecule has 0 spiro atoms. The van der Waals surface area contributed by atoms with Gasteiger partial charge in [0, 0.05) is 37.8 Å². The Balaban J connectivity index is 1.80. The fourth-order valence-electron chi connectivity index (χ4n) is 2.34. The molecule has 0 atom stereocenters.